The first-order chi connectivity index (χ1) is 12.7. The minimum Gasteiger partial charge on any atom is -0.394 e. The molecule has 4 N–H and O–H groups in total. The summed E-state index contributed by atoms with van der Waals surface area (Å²) in [5, 5.41) is 18.4. The molecule has 0 aliphatic carbocycles. The van der Waals surface area contributed by atoms with E-state index in [9.17, 15) is 18.7 Å². The van der Waals surface area contributed by atoms with E-state index in [1.165, 1.54) is 18.2 Å². The summed E-state index contributed by atoms with van der Waals surface area (Å²) in [4.78, 5) is 13.6. The fourth-order valence-corrected chi connectivity index (χ4v) is 3.25. The van der Waals surface area contributed by atoms with Gasteiger partial charge in [-0.2, -0.15) is 0 Å². The van der Waals surface area contributed by atoms with E-state index in [0.29, 0.717) is 5.56 Å². The van der Waals surface area contributed by atoms with E-state index in [4.69, 9.17) is 10.8 Å². The molecular weight excluding hydrogens is 469 g/mol. The number of aliphatic hydroxyl groups excluding tert-OH is 2. The number of primary amides is 1. The van der Waals surface area contributed by atoms with Crippen molar-refractivity contribution in [2.75, 3.05) is 25.1 Å². The number of carbonyl (C=O) groups is 1. The molecule has 0 radical (unpaired) electrons. The van der Waals surface area contributed by atoms with Crippen LogP contribution in [-0.4, -0.2) is 42.4 Å². The third-order valence-corrected chi connectivity index (χ3v) is 4.90. The van der Waals surface area contributed by atoms with Gasteiger partial charge in [-0.1, -0.05) is 6.07 Å². The fourth-order valence-electron chi connectivity index (χ4n) is 2.80. The number of hydrogen-bond acceptors (Lipinski definition) is 4. The normalized spacial score (nSPS) is 12.1. The van der Waals surface area contributed by atoms with Crippen LogP contribution in [0.4, 0.5) is 14.5 Å². The van der Waals surface area contributed by atoms with E-state index in [0.717, 1.165) is 3.57 Å². The van der Waals surface area contributed by atoms with Crippen molar-refractivity contribution < 1.29 is 23.8 Å². The second-order valence-electron chi connectivity index (χ2n) is 6.28. The first-order valence-corrected chi connectivity index (χ1v) is 9.37. The molecule has 0 aliphatic heterocycles. The molecule has 0 heterocycles. The molecule has 5 nitrogen and oxygen atoms in total. The zero-order valence-corrected chi connectivity index (χ0v) is 16.9. The first-order valence-electron chi connectivity index (χ1n) is 8.29. The summed E-state index contributed by atoms with van der Waals surface area (Å²) in [6.45, 7) is -0.125. The zero-order chi connectivity index (χ0) is 20.1. The Morgan fingerprint density at radius 2 is 1.96 bits per heavy atom. The number of amides is 1. The Morgan fingerprint density at radius 3 is 2.56 bits per heavy atom. The van der Waals surface area contributed by atoms with Crippen molar-refractivity contribution in [3.05, 3.63) is 62.2 Å². The Bertz CT molecular complexity index is 833. The van der Waals surface area contributed by atoms with Gasteiger partial charge in [-0.05, 0) is 64.4 Å². The van der Waals surface area contributed by atoms with E-state index < -0.39 is 30.3 Å². The minimum atomic E-state index is -0.918. The summed E-state index contributed by atoms with van der Waals surface area (Å²) in [7, 11) is 1.63. The maximum Gasteiger partial charge on any atom is 0.251 e. The number of aliphatic hydroxyl groups is 2. The maximum absolute atomic E-state index is 14.2. The molecule has 0 aliphatic rings. The molecule has 0 saturated heterocycles. The molecule has 0 fully saturated rings. The number of hydrogen-bond donors (Lipinski definition) is 3. The van der Waals surface area contributed by atoms with E-state index in [1.807, 2.05) is 22.6 Å². The minimum absolute atomic E-state index is 0.0128. The van der Waals surface area contributed by atoms with Gasteiger partial charge in [0.05, 0.1) is 24.0 Å². The third-order valence-electron chi connectivity index (χ3n) is 4.23. The van der Waals surface area contributed by atoms with Gasteiger partial charge in [-0.3, -0.25) is 4.79 Å². The summed E-state index contributed by atoms with van der Waals surface area (Å²) in [5.41, 5.74) is 6.50. The van der Waals surface area contributed by atoms with Crippen molar-refractivity contribution in [3.63, 3.8) is 0 Å². The van der Waals surface area contributed by atoms with Gasteiger partial charge in [0.2, 0.25) is 0 Å². The van der Waals surface area contributed by atoms with Crippen LogP contribution in [-0.2, 0) is 6.42 Å². The van der Waals surface area contributed by atoms with Crippen molar-refractivity contribution in [2.45, 2.75) is 18.9 Å². The van der Waals surface area contributed by atoms with Crippen molar-refractivity contribution in [1.82, 2.24) is 0 Å². The molecule has 27 heavy (non-hydrogen) atoms. The van der Waals surface area contributed by atoms with Gasteiger partial charge in [0.1, 0.15) is 11.6 Å². The Morgan fingerprint density at radius 1 is 1.26 bits per heavy atom. The van der Waals surface area contributed by atoms with Gasteiger partial charge in [0, 0.05) is 23.6 Å². The van der Waals surface area contributed by atoms with Crippen LogP contribution >= 0.6 is 22.6 Å². The molecule has 2 aromatic rings. The van der Waals surface area contributed by atoms with E-state index in [2.05, 4.69) is 0 Å². The summed E-state index contributed by atoms with van der Waals surface area (Å²) >= 11 is 1.99. The first kappa shape index (κ1) is 21.5. The van der Waals surface area contributed by atoms with Crippen LogP contribution < -0.4 is 10.6 Å². The molecule has 0 bridgehead atoms. The smallest absolute Gasteiger partial charge is 0.251 e. The van der Waals surface area contributed by atoms with Crippen molar-refractivity contribution in [1.29, 1.82) is 0 Å². The van der Waals surface area contributed by atoms with Gasteiger partial charge in [0.25, 0.3) is 5.91 Å². The second-order valence-corrected chi connectivity index (χ2v) is 7.53. The van der Waals surface area contributed by atoms with Gasteiger partial charge in [0.15, 0.2) is 0 Å². The van der Waals surface area contributed by atoms with Gasteiger partial charge in [-0.15, -0.1) is 0 Å². The van der Waals surface area contributed by atoms with Crippen LogP contribution in [0.15, 0.2) is 30.3 Å². The number of benzene rings is 2. The van der Waals surface area contributed by atoms with E-state index >= 15 is 0 Å². The summed E-state index contributed by atoms with van der Waals surface area (Å²) in [6, 6.07) is 7.04. The lowest BCUT2D eigenvalue weighted by Gasteiger charge is -2.24. The number of halogens is 3. The zero-order valence-electron chi connectivity index (χ0n) is 14.8. The Kier molecular flexibility index (Phi) is 7.51. The van der Waals surface area contributed by atoms with Crippen LogP contribution in [0.25, 0.3) is 0 Å². The lowest BCUT2D eigenvalue weighted by atomic mass is 9.96. The topological polar surface area (TPSA) is 86.8 Å². The Balaban J connectivity index is 2.42. The molecule has 146 valence electrons. The number of nitrogens with two attached hydrogens (primary N) is 1. The third kappa shape index (κ3) is 5.60. The van der Waals surface area contributed by atoms with Crippen LogP contribution in [0.1, 0.15) is 27.9 Å². The highest BCUT2D eigenvalue weighted by atomic mass is 127. The number of rotatable bonds is 8. The van der Waals surface area contributed by atoms with Gasteiger partial charge in [-0.25, -0.2) is 8.78 Å². The van der Waals surface area contributed by atoms with E-state index in [1.54, 1.807) is 24.1 Å². The molecule has 8 heteroatoms. The largest absolute Gasteiger partial charge is 0.394 e. The monoisotopic (exact) mass is 490 g/mol. The summed E-state index contributed by atoms with van der Waals surface area (Å²) in [6.07, 6.45) is -0.680. The standard InChI is InChI=1S/C19H21F2IN2O3/c1-24(5-4-15(26)10-25)17-8-13(20)7-12(18(17)19(23)27)6-11-2-3-14(22)9-16(11)21/h2-3,7-9,15,25-26H,4-6,10H2,1H3,(H2,23,27)/t15-/m1/s1. The average Bonchev–Trinajstić information content (AvgIpc) is 2.60. The summed E-state index contributed by atoms with van der Waals surface area (Å²) < 4.78 is 29.1. The highest BCUT2D eigenvalue weighted by Crippen LogP contribution is 2.28. The molecular formula is C19H21F2IN2O3. The predicted octanol–water partition coefficient (Wildman–Crippen LogP) is 2.44. The van der Waals surface area contributed by atoms with Crippen LogP contribution in [0.5, 0.6) is 0 Å². The Labute approximate surface area is 169 Å². The molecule has 0 spiro atoms. The fraction of sp³-hybridized carbons (Fsp3) is 0.316. The number of carbonyl (C=O) groups excluding carboxylic acids is 1. The molecule has 2 rings (SSSR count). The number of nitrogens with zero attached hydrogens (tertiary/aromatic N) is 1. The highest BCUT2D eigenvalue weighted by molar-refractivity contribution is 14.1. The quantitative estimate of drug-likeness (QED) is 0.497. The molecule has 0 saturated carbocycles. The number of anilines is 1. The van der Waals surface area contributed by atoms with Gasteiger partial charge >= 0.3 is 0 Å². The van der Waals surface area contributed by atoms with Crippen molar-refractivity contribution in [3.8, 4) is 0 Å². The Hall–Kier alpha value is -1.78. The van der Waals surface area contributed by atoms with Gasteiger partial charge < -0.3 is 20.8 Å². The van der Waals surface area contributed by atoms with Crippen LogP contribution in [0.2, 0.25) is 0 Å². The summed E-state index contributed by atoms with van der Waals surface area (Å²) in [5.74, 6) is -1.77. The average molecular weight is 490 g/mol. The SMILES string of the molecule is CN(CC[C@@H](O)CO)c1cc(F)cc(Cc2ccc(I)cc2F)c1C(N)=O. The molecule has 0 unspecified atom stereocenters. The molecule has 1 atom stereocenters. The molecule has 1 amide bonds. The van der Waals surface area contributed by atoms with E-state index in [-0.39, 0.29) is 36.2 Å². The van der Waals surface area contributed by atoms with Crippen LogP contribution in [0.3, 0.4) is 0 Å². The predicted molar refractivity (Wildman–Crippen MR) is 108 cm³/mol. The van der Waals surface area contributed by atoms with Crippen molar-refractivity contribution >= 4 is 34.2 Å². The van der Waals surface area contributed by atoms with Crippen LogP contribution in [0, 0.1) is 15.2 Å². The molecule has 0 aromatic heterocycles. The second kappa shape index (κ2) is 9.43. The van der Waals surface area contributed by atoms with Crippen molar-refractivity contribution in [2.24, 2.45) is 5.73 Å². The highest BCUT2D eigenvalue weighted by Gasteiger charge is 2.20. The maximum atomic E-state index is 14.2. The molecule has 2 aromatic carbocycles. The lowest BCUT2D eigenvalue weighted by Crippen LogP contribution is -2.28. The lowest BCUT2D eigenvalue weighted by molar-refractivity contribution is 0.0900.